The van der Waals surface area contributed by atoms with Crippen LogP contribution < -0.4 is 23.7 Å². The van der Waals surface area contributed by atoms with E-state index in [-0.39, 0.29) is 45.6 Å². The third-order valence-corrected chi connectivity index (χ3v) is 7.98. The number of phenols is 3. The van der Waals surface area contributed by atoms with E-state index in [2.05, 4.69) is 0 Å². The monoisotopic (exact) mass is 712 g/mol. The third-order valence-electron chi connectivity index (χ3n) is 7.98. The SMILES string of the molecule is COc1cc(C2Oc3cc([C@@H]4Oc5cc(O)cc(O)c5C(=O)C4O)ccc3O[C@H]2COC(=O)c2ccc(C(F)(F)F)cc2OC(C)=O)ccc1O. The number of methoxy groups -OCH3 is 1. The molecule has 4 N–H and O–H groups in total. The lowest BCUT2D eigenvalue weighted by atomic mass is 9.92. The molecule has 0 saturated carbocycles. The number of aromatic hydroxyl groups is 3. The van der Waals surface area contributed by atoms with Crippen LogP contribution in [0, 0.1) is 0 Å². The zero-order chi connectivity index (χ0) is 36.8. The maximum absolute atomic E-state index is 13.3. The predicted molar refractivity (Wildman–Crippen MR) is 165 cm³/mol. The molecule has 0 amide bonds. The molecule has 4 aromatic rings. The summed E-state index contributed by atoms with van der Waals surface area (Å²) in [6.45, 7) is 0.409. The summed E-state index contributed by atoms with van der Waals surface area (Å²) in [4.78, 5) is 37.7. The number of carbonyl (C=O) groups is 3. The molecule has 0 bridgehead atoms. The number of fused-ring (bicyclic) bond motifs is 2. The highest BCUT2D eigenvalue weighted by Crippen LogP contribution is 2.46. The summed E-state index contributed by atoms with van der Waals surface area (Å²) >= 11 is 0. The number of ether oxygens (including phenoxy) is 6. The first kappa shape index (κ1) is 34.7. The maximum Gasteiger partial charge on any atom is 0.416 e. The van der Waals surface area contributed by atoms with Gasteiger partial charge in [0.05, 0.1) is 12.7 Å². The minimum atomic E-state index is -4.79. The molecule has 266 valence electrons. The average molecular weight is 713 g/mol. The van der Waals surface area contributed by atoms with E-state index in [1.807, 2.05) is 0 Å². The minimum absolute atomic E-state index is 0.0598. The van der Waals surface area contributed by atoms with Crippen LogP contribution in [0.4, 0.5) is 13.2 Å². The molecule has 0 aliphatic carbocycles. The van der Waals surface area contributed by atoms with Crippen LogP contribution >= 0.6 is 0 Å². The molecular formula is C35H27F3O13. The summed E-state index contributed by atoms with van der Waals surface area (Å²) in [5, 5.41) is 41.1. The van der Waals surface area contributed by atoms with Crippen LogP contribution in [0.2, 0.25) is 0 Å². The molecule has 0 aromatic heterocycles. The molecule has 2 aliphatic rings. The molecule has 13 nitrogen and oxygen atoms in total. The molecule has 0 fully saturated rings. The number of aliphatic hydroxyl groups is 1. The van der Waals surface area contributed by atoms with E-state index in [0.29, 0.717) is 17.7 Å². The third kappa shape index (κ3) is 6.85. The van der Waals surface area contributed by atoms with E-state index in [0.717, 1.165) is 25.1 Å². The van der Waals surface area contributed by atoms with Gasteiger partial charge in [0, 0.05) is 24.6 Å². The van der Waals surface area contributed by atoms with Crippen molar-refractivity contribution in [2.24, 2.45) is 0 Å². The van der Waals surface area contributed by atoms with Crippen molar-refractivity contribution in [1.82, 2.24) is 0 Å². The van der Waals surface area contributed by atoms with Crippen LogP contribution in [-0.2, 0) is 15.7 Å². The van der Waals surface area contributed by atoms with Crippen molar-refractivity contribution in [3.05, 3.63) is 94.5 Å². The van der Waals surface area contributed by atoms with Gasteiger partial charge in [0.15, 0.2) is 47.4 Å². The predicted octanol–water partition coefficient (Wildman–Crippen LogP) is 5.17. The lowest BCUT2D eigenvalue weighted by molar-refractivity contribution is -0.138. The quantitative estimate of drug-likeness (QED) is 0.145. The first-order valence-electron chi connectivity index (χ1n) is 15.0. The van der Waals surface area contributed by atoms with Crippen molar-refractivity contribution in [3.8, 4) is 46.0 Å². The molecule has 2 aliphatic heterocycles. The molecule has 6 rings (SSSR count). The van der Waals surface area contributed by atoms with Gasteiger partial charge in [0.25, 0.3) is 0 Å². The number of Topliss-reactive ketones (excluding diaryl/α,β-unsaturated/α-hetero) is 1. The Bertz CT molecular complexity index is 2040. The number of carbonyl (C=O) groups excluding carboxylic acids is 3. The highest BCUT2D eigenvalue weighted by atomic mass is 19.4. The van der Waals surface area contributed by atoms with Gasteiger partial charge in [-0.3, -0.25) is 9.59 Å². The highest BCUT2D eigenvalue weighted by molar-refractivity contribution is 6.05. The van der Waals surface area contributed by atoms with E-state index in [9.17, 15) is 48.0 Å². The van der Waals surface area contributed by atoms with Gasteiger partial charge in [-0.25, -0.2) is 4.79 Å². The second-order valence-corrected chi connectivity index (χ2v) is 11.4. The number of esters is 2. The Hall–Kier alpha value is -6.16. The zero-order valence-corrected chi connectivity index (χ0v) is 26.5. The van der Waals surface area contributed by atoms with Crippen molar-refractivity contribution >= 4 is 17.7 Å². The topological polar surface area (TPSA) is 188 Å². The number of hydrogen-bond donors (Lipinski definition) is 4. The van der Waals surface area contributed by atoms with Crippen molar-refractivity contribution in [2.75, 3.05) is 13.7 Å². The van der Waals surface area contributed by atoms with Gasteiger partial charge < -0.3 is 48.8 Å². The summed E-state index contributed by atoms with van der Waals surface area (Å²) < 4.78 is 73.7. The fraction of sp³-hybridized carbons (Fsp3) is 0.229. The molecule has 0 saturated heterocycles. The Balaban J connectivity index is 1.30. The van der Waals surface area contributed by atoms with E-state index < -0.39 is 77.5 Å². The molecule has 0 radical (unpaired) electrons. The van der Waals surface area contributed by atoms with E-state index in [4.69, 9.17) is 28.4 Å². The van der Waals surface area contributed by atoms with Crippen LogP contribution in [0.25, 0.3) is 0 Å². The van der Waals surface area contributed by atoms with Crippen molar-refractivity contribution in [3.63, 3.8) is 0 Å². The van der Waals surface area contributed by atoms with Gasteiger partial charge in [-0.2, -0.15) is 13.2 Å². The summed E-state index contributed by atoms with van der Waals surface area (Å²) in [6, 6.07) is 12.5. The van der Waals surface area contributed by atoms with Crippen LogP contribution in [0.5, 0.6) is 46.0 Å². The smallest absolute Gasteiger partial charge is 0.416 e. The van der Waals surface area contributed by atoms with E-state index in [1.165, 1.54) is 43.5 Å². The maximum atomic E-state index is 13.3. The summed E-state index contributed by atoms with van der Waals surface area (Å²) in [5.74, 6) is -4.69. The van der Waals surface area contributed by atoms with Gasteiger partial charge in [-0.1, -0.05) is 12.1 Å². The molecule has 4 aromatic carbocycles. The van der Waals surface area contributed by atoms with Gasteiger partial charge in [0.2, 0.25) is 5.78 Å². The lowest BCUT2D eigenvalue weighted by Crippen LogP contribution is -2.38. The Morgan fingerprint density at radius 1 is 0.804 bits per heavy atom. The molecule has 0 spiro atoms. The normalized spacial score (nSPS) is 19.4. The molecule has 2 unspecified atom stereocenters. The number of ketones is 1. The molecule has 51 heavy (non-hydrogen) atoms. The average Bonchev–Trinajstić information content (AvgIpc) is 3.07. The highest BCUT2D eigenvalue weighted by Gasteiger charge is 2.41. The zero-order valence-electron chi connectivity index (χ0n) is 26.5. The van der Waals surface area contributed by atoms with Gasteiger partial charge >= 0.3 is 18.1 Å². The van der Waals surface area contributed by atoms with Crippen molar-refractivity contribution < 1.29 is 76.4 Å². The Kier molecular flexibility index (Phi) is 9.03. The lowest BCUT2D eigenvalue weighted by Gasteiger charge is -2.35. The number of aliphatic hydroxyl groups excluding tert-OH is 1. The van der Waals surface area contributed by atoms with Crippen LogP contribution in [0.3, 0.4) is 0 Å². The fourth-order valence-electron chi connectivity index (χ4n) is 5.61. The number of hydrogen-bond acceptors (Lipinski definition) is 13. The summed E-state index contributed by atoms with van der Waals surface area (Å²) in [5.41, 5.74) is -1.33. The number of rotatable bonds is 7. The number of halogens is 3. The number of benzene rings is 4. The Labute approximate surface area is 285 Å². The van der Waals surface area contributed by atoms with Crippen LogP contribution in [-0.4, -0.2) is 64.1 Å². The molecule has 2 heterocycles. The van der Waals surface area contributed by atoms with Crippen LogP contribution in [0.15, 0.2) is 66.7 Å². The molecule has 16 heteroatoms. The largest absolute Gasteiger partial charge is 0.508 e. The van der Waals surface area contributed by atoms with Crippen molar-refractivity contribution in [2.45, 2.75) is 37.5 Å². The standard InChI is InChI=1S/C35H27F3O13/c1-15(39)48-24-11-18(35(36,37)38)5-6-20(24)34(45)47-14-28-32(16-3-7-21(41)25(9-16)46-2)50-26-10-17(4-8-23(26)49-28)33-31(44)30(43)29-22(42)12-19(40)13-27(29)51-33/h3-13,28,31-33,40-42,44H,14H2,1-2H3/t28-,31?,32?,33-/m0/s1. The summed E-state index contributed by atoms with van der Waals surface area (Å²) in [6.07, 6.45) is -10.1. The number of phenolic OH excluding ortho intramolecular Hbond substituents is 3. The van der Waals surface area contributed by atoms with Gasteiger partial charge in [-0.15, -0.1) is 0 Å². The van der Waals surface area contributed by atoms with E-state index >= 15 is 0 Å². The second kappa shape index (κ2) is 13.3. The minimum Gasteiger partial charge on any atom is -0.508 e. The van der Waals surface area contributed by atoms with E-state index in [1.54, 1.807) is 0 Å². The first-order valence-corrected chi connectivity index (χ1v) is 15.0. The Morgan fingerprint density at radius 2 is 1.51 bits per heavy atom. The Morgan fingerprint density at radius 3 is 2.22 bits per heavy atom. The van der Waals surface area contributed by atoms with Crippen LogP contribution in [0.1, 0.15) is 56.5 Å². The molecular weight excluding hydrogens is 685 g/mol. The number of alkyl halides is 3. The molecule has 4 atom stereocenters. The van der Waals surface area contributed by atoms with Crippen molar-refractivity contribution in [1.29, 1.82) is 0 Å². The van der Waals surface area contributed by atoms with Gasteiger partial charge in [-0.05, 0) is 48.0 Å². The fourth-order valence-corrected chi connectivity index (χ4v) is 5.61. The first-order chi connectivity index (χ1) is 24.1. The van der Waals surface area contributed by atoms with Gasteiger partial charge in [0.1, 0.15) is 40.7 Å². The second-order valence-electron chi connectivity index (χ2n) is 11.4. The summed E-state index contributed by atoms with van der Waals surface area (Å²) in [7, 11) is 1.32.